The number of para-hydroxylation sites is 1. The summed E-state index contributed by atoms with van der Waals surface area (Å²) in [7, 11) is 0. The lowest BCUT2D eigenvalue weighted by molar-refractivity contribution is -0.141. The summed E-state index contributed by atoms with van der Waals surface area (Å²) in [5.74, 6) is 2.99. The van der Waals surface area contributed by atoms with E-state index in [9.17, 15) is 29.1 Å². The summed E-state index contributed by atoms with van der Waals surface area (Å²) >= 11 is 3.27. The Labute approximate surface area is 297 Å². The van der Waals surface area contributed by atoms with Crippen molar-refractivity contribution in [3.63, 3.8) is 0 Å². The summed E-state index contributed by atoms with van der Waals surface area (Å²) in [4.78, 5) is 75.5. The van der Waals surface area contributed by atoms with Crippen molar-refractivity contribution in [3.05, 3.63) is 58.1 Å². The normalized spacial score (nSPS) is 17.3. The third-order valence-electron chi connectivity index (χ3n) is 9.09. The molecule has 0 saturated carbocycles. The van der Waals surface area contributed by atoms with Crippen molar-refractivity contribution in [2.45, 2.75) is 69.6 Å². The molecule has 0 aliphatic carbocycles. The maximum atomic E-state index is 13.3. The average molecular weight is 752 g/mol. The van der Waals surface area contributed by atoms with Gasteiger partial charge in [0.05, 0.1) is 28.7 Å². The number of carboxylic acids is 1. The fourth-order valence-corrected chi connectivity index (χ4v) is 6.68. The van der Waals surface area contributed by atoms with Crippen LogP contribution in [0.1, 0.15) is 49.7 Å². The number of fused-ring (bicyclic) bond motifs is 1. The number of amides is 5. The van der Waals surface area contributed by atoms with Crippen molar-refractivity contribution in [1.29, 1.82) is 0 Å². The van der Waals surface area contributed by atoms with Crippen molar-refractivity contribution in [2.75, 3.05) is 38.0 Å². The zero-order chi connectivity index (χ0) is 35.6. The van der Waals surface area contributed by atoms with E-state index in [0.29, 0.717) is 68.4 Å². The number of urea groups is 1. The molecule has 3 N–H and O–H groups in total. The molecule has 0 aromatic heterocycles. The van der Waals surface area contributed by atoms with Gasteiger partial charge >= 0.3 is 18.1 Å². The monoisotopic (exact) mass is 750 g/mol. The Bertz CT molecular complexity index is 1710. The van der Waals surface area contributed by atoms with Gasteiger partial charge in [-0.15, -0.1) is 0 Å². The molecular formula is C35H39BrN6O8. The number of piperidine rings is 2. The molecule has 3 aliphatic heterocycles. The number of phenols is 1. The molecule has 5 amide bonds. The topological polar surface area (TPSA) is 182 Å². The van der Waals surface area contributed by atoms with E-state index in [4.69, 9.17) is 9.84 Å². The number of anilines is 1. The van der Waals surface area contributed by atoms with E-state index < -0.39 is 24.1 Å². The number of likely N-dealkylation sites (tertiary alicyclic amines) is 2. The second-order valence-corrected chi connectivity index (χ2v) is 13.3. The Morgan fingerprint density at radius 1 is 0.960 bits per heavy atom. The number of carbonyl (C=O) groups excluding carboxylic acids is 4. The number of hydrogen-bond donors (Lipinski definition) is 3. The molecule has 2 fully saturated rings. The summed E-state index contributed by atoms with van der Waals surface area (Å²) in [6.45, 7) is 2.11. The number of aliphatic imine (C=N–C) groups is 2. The fraction of sp³-hybridized carbons (Fsp3) is 0.457. The first-order valence-electron chi connectivity index (χ1n) is 16.6. The molecule has 50 heavy (non-hydrogen) atoms. The van der Waals surface area contributed by atoms with Gasteiger partial charge in [-0.1, -0.05) is 24.3 Å². The van der Waals surface area contributed by atoms with Crippen LogP contribution in [0.3, 0.4) is 0 Å². The van der Waals surface area contributed by atoms with Gasteiger partial charge in [-0.2, -0.15) is 4.99 Å². The van der Waals surface area contributed by atoms with Crippen LogP contribution in [0.4, 0.5) is 15.3 Å². The minimum atomic E-state index is -1.29. The molecule has 5 rings (SSSR count). The number of nitrogens with zero attached hydrogens (tertiary/aromatic N) is 5. The van der Waals surface area contributed by atoms with Crippen LogP contribution < -0.4 is 5.32 Å². The van der Waals surface area contributed by atoms with Crippen LogP contribution in [0.25, 0.3) is 0 Å². The lowest BCUT2D eigenvalue weighted by atomic mass is 10.0. The summed E-state index contributed by atoms with van der Waals surface area (Å²) in [6.07, 6.45) is 0.688. The van der Waals surface area contributed by atoms with Gasteiger partial charge in [0.15, 0.2) is 6.10 Å². The first kappa shape index (κ1) is 36.3. The van der Waals surface area contributed by atoms with E-state index in [1.54, 1.807) is 17.0 Å². The molecular weight excluding hydrogens is 712 g/mol. The van der Waals surface area contributed by atoms with Gasteiger partial charge in [0.1, 0.15) is 5.75 Å². The zero-order valence-electron chi connectivity index (χ0n) is 27.4. The van der Waals surface area contributed by atoms with E-state index in [2.05, 4.69) is 43.0 Å². The summed E-state index contributed by atoms with van der Waals surface area (Å²) in [5.41, 5.74) is 2.50. The van der Waals surface area contributed by atoms with Crippen molar-refractivity contribution >= 4 is 63.3 Å². The molecule has 2 aromatic rings. The van der Waals surface area contributed by atoms with E-state index in [1.165, 1.54) is 11.0 Å². The predicted octanol–water partition coefficient (Wildman–Crippen LogP) is 4.04. The third-order valence-corrected chi connectivity index (χ3v) is 9.73. The molecule has 0 bridgehead atoms. The third kappa shape index (κ3) is 9.81. The van der Waals surface area contributed by atoms with Crippen LogP contribution in [0.2, 0.25) is 0 Å². The van der Waals surface area contributed by atoms with E-state index >= 15 is 0 Å². The molecule has 3 aliphatic rings. The number of carboxylic acid groups (broad SMARTS) is 1. The second kappa shape index (κ2) is 17.1. The Morgan fingerprint density at radius 3 is 2.40 bits per heavy atom. The van der Waals surface area contributed by atoms with Crippen molar-refractivity contribution in [3.8, 4) is 5.75 Å². The van der Waals surface area contributed by atoms with Crippen LogP contribution >= 0.6 is 15.9 Å². The summed E-state index contributed by atoms with van der Waals surface area (Å²) < 4.78 is 6.12. The molecule has 2 aromatic carbocycles. The van der Waals surface area contributed by atoms with Gasteiger partial charge < -0.3 is 35.0 Å². The maximum absolute atomic E-state index is 13.3. The Kier molecular flexibility index (Phi) is 12.4. The maximum Gasteiger partial charge on any atom is 0.410 e. The molecule has 0 unspecified atom stereocenters. The second-order valence-electron chi connectivity index (χ2n) is 12.4. The predicted molar refractivity (Wildman–Crippen MR) is 187 cm³/mol. The minimum absolute atomic E-state index is 0.00881. The largest absolute Gasteiger partial charge is 0.507 e. The number of rotatable bonds is 9. The smallest absolute Gasteiger partial charge is 0.410 e. The van der Waals surface area contributed by atoms with E-state index in [-0.39, 0.29) is 49.0 Å². The van der Waals surface area contributed by atoms with Crippen molar-refractivity contribution < 1.29 is 38.9 Å². The SMILES string of the molecule is O=C(O)CCC(=O)N1CCC(N=C=C=NC(=O)[C@@H](Cc2ccc(O)c(Br)c2)OC(=O)N2CCC(N3CCc4ccccc4NC3=O)CC2)CC1. The van der Waals surface area contributed by atoms with E-state index in [1.807, 2.05) is 29.2 Å². The highest BCUT2D eigenvalue weighted by Gasteiger charge is 2.33. The number of hydrogen-bond acceptors (Lipinski definition) is 8. The minimum Gasteiger partial charge on any atom is -0.507 e. The number of benzene rings is 2. The molecule has 264 valence electrons. The number of phenolic OH excluding ortho intramolecular Hbond substituents is 1. The van der Waals surface area contributed by atoms with Gasteiger partial charge in [0.25, 0.3) is 5.91 Å². The highest BCUT2D eigenvalue weighted by molar-refractivity contribution is 9.10. The average Bonchev–Trinajstić information content (AvgIpc) is 3.28. The lowest BCUT2D eigenvalue weighted by Crippen LogP contribution is -2.50. The molecule has 2 saturated heterocycles. The first-order chi connectivity index (χ1) is 24.1. The number of carbonyl (C=O) groups is 5. The number of nitrogens with one attached hydrogen (secondary N) is 1. The molecule has 0 radical (unpaired) electrons. The number of ether oxygens (including phenoxy) is 1. The molecule has 0 spiro atoms. The number of aromatic hydroxyl groups is 1. The molecule has 14 nitrogen and oxygen atoms in total. The highest BCUT2D eigenvalue weighted by Crippen LogP contribution is 2.27. The van der Waals surface area contributed by atoms with Crippen molar-refractivity contribution in [2.24, 2.45) is 9.98 Å². The van der Waals surface area contributed by atoms with E-state index in [0.717, 1.165) is 17.7 Å². The molecule has 3 heterocycles. The van der Waals surface area contributed by atoms with Crippen LogP contribution in [0.5, 0.6) is 5.75 Å². The summed E-state index contributed by atoms with van der Waals surface area (Å²) in [5, 5.41) is 21.7. The van der Waals surface area contributed by atoms with Gasteiger partial charge in [-0.05, 0) is 77.4 Å². The van der Waals surface area contributed by atoms with Gasteiger partial charge in [0.2, 0.25) is 5.91 Å². The lowest BCUT2D eigenvalue weighted by Gasteiger charge is -2.37. The Morgan fingerprint density at radius 2 is 1.68 bits per heavy atom. The zero-order valence-corrected chi connectivity index (χ0v) is 29.0. The van der Waals surface area contributed by atoms with Gasteiger partial charge in [-0.3, -0.25) is 14.4 Å². The van der Waals surface area contributed by atoms with Crippen LogP contribution in [-0.4, -0.2) is 117 Å². The molecule has 1 atom stereocenters. The highest BCUT2D eigenvalue weighted by atomic mass is 79.9. The fourth-order valence-electron chi connectivity index (χ4n) is 6.25. The summed E-state index contributed by atoms with van der Waals surface area (Å²) in [6, 6.07) is 12.0. The van der Waals surface area contributed by atoms with Crippen LogP contribution in [0, 0.1) is 0 Å². The Hall–Kier alpha value is -4.97. The van der Waals surface area contributed by atoms with Crippen LogP contribution in [0.15, 0.2) is 56.9 Å². The number of aliphatic carboxylic acids is 1. The molecule has 15 heteroatoms. The Balaban J connectivity index is 1.18. The van der Waals surface area contributed by atoms with Crippen molar-refractivity contribution in [1.82, 2.24) is 14.7 Å². The standard InChI is InChI=1S/C35H39BrN6O8/c36-27-21-23(5-6-29(27)43)22-30(33(47)38-15-14-37-25-10-16-40(17-11-25)31(44)7-8-32(45)46)50-35(49)41-18-12-26(13-19-41)42-20-9-24-3-1-2-4-28(24)39-34(42)48/h1-6,21,25-26,30,43H,7-13,16-20,22H2,(H,39,48)(H,45,46)/t30-/m1/s1. The quantitative estimate of drug-likeness (QED) is 0.321. The van der Waals surface area contributed by atoms with Crippen LogP contribution in [-0.2, 0) is 32.0 Å². The number of halogens is 1. The van der Waals surface area contributed by atoms with Gasteiger partial charge in [0, 0.05) is 57.3 Å². The van der Waals surface area contributed by atoms with Gasteiger partial charge in [-0.25, -0.2) is 14.6 Å². The first-order valence-corrected chi connectivity index (χ1v) is 17.4.